The van der Waals surface area contributed by atoms with Crippen LogP contribution in [0.1, 0.15) is 51.2 Å². The van der Waals surface area contributed by atoms with Crippen LogP contribution in [0, 0.1) is 0 Å². The molecule has 30 heavy (non-hydrogen) atoms. The molecule has 0 aliphatic carbocycles. The standard InChI is InChI=1S/C24H31ClN2O2S/c1-4-6-10-27(11-7-5-2)16-22(28)18-13-21(24-9-8-12-30-24)26-20-15-19(25)23(29-3)14-17(18)20/h8-9,12-15,22,28H,4-7,10-11,16H2,1-3H3. The fourth-order valence-corrected chi connectivity index (χ4v) is 4.56. The summed E-state index contributed by atoms with van der Waals surface area (Å²) in [6, 6.07) is 9.80. The van der Waals surface area contributed by atoms with E-state index in [1.807, 2.05) is 29.6 Å². The number of thiophene rings is 1. The molecule has 1 unspecified atom stereocenters. The highest BCUT2D eigenvalue weighted by Gasteiger charge is 2.19. The Kier molecular flexibility index (Phi) is 8.51. The highest BCUT2D eigenvalue weighted by atomic mass is 35.5. The number of aliphatic hydroxyl groups is 1. The summed E-state index contributed by atoms with van der Waals surface area (Å²) in [5.41, 5.74) is 2.51. The first kappa shape index (κ1) is 23.0. The maximum absolute atomic E-state index is 11.3. The first-order valence-corrected chi connectivity index (χ1v) is 12.0. The van der Waals surface area contributed by atoms with E-state index in [9.17, 15) is 5.11 Å². The second-order valence-electron chi connectivity index (χ2n) is 7.60. The van der Waals surface area contributed by atoms with Crippen LogP contribution in [-0.4, -0.2) is 41.7 Å². The number of methoxy groups -OCH3 is 1. The van der Waals surface area contributed by atoms with Crippen LogP contribution in [0.15, 0.2) is 35.7 Å². The van der Waals surface area contributed by atoms with E-state index < -0.39 is 6.10 Å². The molecule has 0 saturated carbocycles. The quantitative estimate of drug-likeness (QED) is 0.362. The van der Waals surface area contributed by atoms with E-state index in [-0.39, 0.29) is 0 Å². The number of pyridine rings is 1. The number of unbranched alkanes of at least 4 members (excludes halogenated alkanes) is 2. The number of halogens is 1. The molecule has 0 bridgehead atoms. The van der Waals surface area contributed by atoms with E-state index in [2.05, 4.69) is 24.8 Å². The summed E-state index contributed by atoms with van der Waals surface area (Å²) >= 11 is 8.02. The van der Waals surface area contributed by atoms with Crippen LogP contribution in [0.3, 0.4) is 0 Å². The molecule has 0 aliphatic rings. The highest BCUT2D eigenvalue weighted by molar-refractivity contribution is 7.13. The lowest BCUT2D eigenvalue weighted by atomic mass is 10.0. The number of aliphatic hydroxyl groups excluding tert-OH is 1. The SMILES string of the molecule is CCCCN(CCCC)CC(O)c1cc(-c2cccs2)nc2cc(Cl)c(OC)cc12. The van der Waals surface area contributed by atoms with Gasteiger partial charge in [-0.25, -0.2) is 4.98 Å². The molecule has 0 spiro atoms. The summed E-state index contributed by atoms with van der Waals surface area (Å²) < 4.78 is 5.43. The fraction of sp³-hybridized carbons (Fsp3) is 0.458. The lowest BCUT2D eigenvalue weighted by Crippen LogP contribution is -2.31. The summed E-state index contributed by atoms with van der Waals surface area (Å²) in [5.74, 6) is 0.595. The van der Waals surface area contributed by atoms with Gasteiger partial charge in [0, 0.05) is 11.9 Å². The van der Waals surface area contributed by atoms with E-state index in [0.29, 0.717) is 17.3 Å². The molecule has 1 atom stereocenters. The van der Waals surface area contributed by atoms with Crippen molar-refractivity contribution in [2.45, 2.75) is 45.6 Å². The third-order valence-corrected chi connectivity index (χ3v) is 6.52. The minimum Gasteiger partial charge on any atom is -0.495 e. The van der Waals surface area contributed by atoms with Gasteiger partial charge in [0.2, 0.25) is 0 Å². The van der Waals surface area contributed by atoms with Gasteiger partial charge in [-0.1, -0.05) is 44.4 Å². The number of benzene rings is 1. The molecule has 6 heteroatoms. The van der Waals surface area contributed by atoms with Crippen molar-refractivity contribution in [1.29, 1.82) is 0 Å². The fourth-order valence-electron chi connectivity index (χ4n) is 3.64. The zero-order chi connectivity index (χ0) is 21.5. The van der Waals surface area contributed by atoms with Gasteiger partial charge in [0.25, 0.3) is 0 Å². The van der Waals surface area contributed by atoms with Crippen LogP contribution >= 0.6 is 22.9 Å². The summed E-state index contributed by atoms with van der Waals surface area (Å²) in [6.45, 7) is 7.02. The summed E-state index contributed by atoms with van der Waals surface area (Å²) in [7, 11) is 1.60. The molecule has 0 radical (unpaired) electrons. The average molecular weight is 447 g/mol. The van der Waals surface area contributed by atoms with Gasteiger partial charge in [0.1, 0.15) is 5.75 Å². The van der Waals surface area contributed by atoms with Crippen LogP contribution in [0.25, 0.3) is 21.5 Å². The van der Waals surface area contributed by atoms with E-state index in [4.69, 9.17) is 21.3 Å². The largest absolute Gasteiger partial charge is 0.495 e. The summed E-state index contributed by atoms with van der Waals surface area (Å²) in [5, 5.41) is 14.7. The van der Waals surface area contributed by atoms with Gasteiger partial charge in [-0.05, 0) is 61.1 Å². The number of nitrogens with zero attached hydrogens (tertiary/aromatic N) is 2. The molecule has 162 valence electrons. The lowest BCUT2D eigenvalue weighted by molar-refractivity contribution is 0.112. The van der Waals surface area contributed by atoms with Crippen LogP contribution in [0.5, 0.6) is 5.75 Å². The smallest absolute Gasteiger partial charge is 0.138 e. The zero-order valence-electron chi connectivity index (χ0n) is 18.0. The van der Waals surface area contributed by atoms with Crippen molar-refractivity contribution in [2.75, 3.05) is 26.7 Å². The minimum absolute atomic E-state index is 0.522. The Hall–Kier alpha value is -1.66. The molecule has 1 aromatic carbocycles. The van der Waals surface area contributed by atoms with Crippen molar-refractivity contribution in [3.05, 3.63) is 46.3 Å². The van der Waals surface area contributed by atoms with Crippen LogP contribution in [0.4, 0.5) is 0 Å². The third-order valence-electron chi connectivity index (χ3n) is 5.33. The molecule has 0 aliphatic heterocycles. The minimum atomic E-state index is -0.617. The van der Waals surface area contributed by atoms with Crippen LogP contribution in [0.2, 0.25) is 5.02 Å². The second-order valence-corrected chi connectivity index (χ2v) is 8.96. The topological polar surface area (TPSA) is 45.6 Å². The van der Waals surface area contributed by atoms with Gasteiger partial charge >= 0.3 is 0 Å². The molecule has 0 amide bonds. The van der Waals surface area contributed by atoms with Crippen molar-refractivity contribution in [1.82, 2.24) is 9.88 Å². The van der Waals surface area contributed by atoms with Gasteiger partial charge in [0.05, 0.1) is 34.3 Å². The molecule has 2 aromatic heterocycles. The molecule has 0 saturated heterocycles. The Labute approximate surface area is 188 Å². The number of aromatic nitrogens is 1. The maximum atomic E-state index is 11.3. The Morgan fingerprint density at radius 3 is 2.50 bits per heavy atom. The molecule has 3 aromatic rings. The second kappa shape index (κ2) is 11.1. The molecule has 0 fully saturated rings. The van der Waals surface area contributed by atoms with Crippen molar-refractivity contribution >= 4 is 33.8 Å². The number of ether oxygens (including phenoxy) is 1. The Bertz CT molecular complexity index is 938. The number of rotatable bonds is 11. The summed E-state index contributed by atoms with van der Waals surface area (Å²) in [6.07, 6.45) is 3.95. The van der Waals surface area contributed by atoms with Gasteiger partial charge in [-0.3, -0.25) is 0 Å². The maximum Gasteiger partial charge on any atom is 0.138 e. The molecule has 4 nitrogen and oxygen atoms in total. The number of hydrogen-bond donors (Lipinski definition) is 1. The zero-order valence-corrected chi connectivity index (χ0v) is 19.6. The molecule has 1 N–H and O–H groups in total. The van der Waals surface area contributed by atoms with E-state index in [0.717, 1.165) is 65.8 Å². The van der Waals surface area contributed by atoms with Crippen molar-refractivity contribution in [2.24, 2.45) is 0 Å². The van der Waals surface area contributed by atoms with Crippen LogP contribution in [-0.2, 0) is 0 Å². The predicted molar refractivity (Wildman–Crippen MR) is 128 cm³/mol. The van der Waals surface area contributed by atoms with Gasteiger partial charge < -0.3 is 14.7 Å². The molecular weight excluding hydrogens is 416 g/mol. The molecule has 3 rings (SSSR count). The number of fused-ring (bicyclic) bond motifs is 1. The number of hydrogen-bond acceptors (Lipinski definition) is 5. The van der Waals surface area contributed by atoms with Gasteiger partial charge in [0.15, 0.2) is 0 Å². The molecular formula is C24H31ClN2O2S. The van der Waals surface area contributed by atoms with Gasteiger partial charge in [-0.15, -0.1) is 11.3 Å². The van der Waals surface area contributed by atoms with Crippen molar-refractivity contribution < 1.29 is 9.84 Å². The average Bonchev–Trinajstić information content (AvgIpc) is 3.29. The Balaban J connectivity index is 2.02. The van der Waals surface area contributed by atoms with Gasteiger partial charge in [-0.2, -0.15) is 0 Å². The van der Waals surface area contributed by atoms with E-state index in [1.165, 1.54) is 0 Å². The third kappa shape index (κ3) is 5.52. The van der Waals surface area contributed by atoms with Crippen molar-refractivity contribution in [3.63, 3.8) is 0 Å². The first-order chi connectivity index (χ1) is 14.6. The first-order valence-electron chi connectivity index (χ1n) is 10.7. The predicted octanol–water partition coefficient (Wildman–Crippen LogP) is 6.56. The monoisotopic (exact) mass is 446 g/mol. The van der Waals surface area contributed by atoms with Crippen LogP contribution < -0.4 is 4.74 Å². The summed E-state index contributed by atoms with van der Waals surface area (Å²) in [4.78, 5) is 8.27. The normalized spacial score (nSPS) is 12.6. The highest BCUT2D eigenvalue weighted by Crippen LogP contribution is 2.36. The Morgan fingerprint density at radius 2 is 1.90 bits per heavy atom. The Morgan fingerprint density at radius 1 is 1.17 bits per heavy atom. The lowest BCUT2D eigenvalue weighted by Gasteiger charge is -2.26. The van der Waals surface area contributed by atoms with Crippen molar-refractivity contribution in [3.8, 4) is 16.3 Å². The molecule has 2 heterocycles. The van der Waals surface area contributed by atoms with E-state index >= 15 is 0 Å². The van der Waals surface area contributed by atoms with E-state index in [1.54, 1.807) is 18.4 Å².